The van der Waals surface area contributed by atoms with E-state index in [4.69, 9.17) is 21.7 Å². The molecular formula is C17H21FN2O4S. The molecule has 0 unspecified atom stereocenters. The van der Waals surface area contributed by atoms with Crippen molar-refractivity contribution in [2.75, 3.05) is 18.0 Å². The van der Waals surface area contributed by atoms with Gasteiger partial charge in [0.2, 0.25) is 0 Å². The monoisotopic (exact) mass is 368 g/mol. The molecule has 136 valence electrons. The van der Waals surface area contributed by atoms with Crippen molar-refractivity contribution in [2.24, 2.45) is 0 Å². The summed E-state index contributed by atoms with van der Waals surface area (Å²) < 4.78 is 24.7. The minimum Gasteiger partial charge on any atom is -0.456 e. The minimum absolute atomic E-state index is 0.180. The average molecular weight is 368 g/mol. The predicted octanol–water partition coefficient (Wildman–Crippen LogP) is 3.04. The largest absolute Gasteiger partial charge is 0.456 e. The fourth-order valence-corrected chi connectivity index (χ4v) is 2.35. The van der Waals surface area contributed by atoms with E-state index in [0.29, 0.717) is 17.2 Å². The van der Waals surface area contributed by atoms with E-state index in [2.05, 4.69) is 5.32 Å². The molecule has 0 radical (unpaired) electrons. The number of thiocarbonyl (C=S) groups is 1. The molecule has 1 aromatic rings. The van der Waals surface area contributed by atoms with Crippen LogP contribution in [0.2, 0.25) is 0 Å². The molecule has 0 bridgehead atoms. The number of hydrogen-bond acceptors (Lipinski definition) is 5. The molecule has 1 heterocycles. The Morgan fingerprint density at radius 2 is 2.16 bits per heavy atom. The third kappa shape index (κ3) is 5.12. The highest BCUT2D eigenvalue weighted by Crippen LogP contribution is 2.25. The zero-order valence-electron chi connectivity index (χ0n) is 14.6. The fraction of sp³-hybridized carbons (Fsp3) is 0.471. The second-order valence-electron chi connectivity index (χ2n) is 6.72. The van der Waals surface area contributed by atoms with Gasteiger partial charge in [-0.3, -0.25) is 4.90 Å². The number of nitrogens with zero attached hydrogens (tertiary/aromatic N) is 1. The van der Waals surface area contributed by atoms with Gasteiger partial charge in [0.15, 0.2) is 0 Å². The highest BCUT2D eigenvalue weighted by Gasteiger charge is 2.33. The summed E-state index contributed by atoms with van der Waals surface area (Å²) in [6.07, 6.45) is -0.961. The lowest BCUT2D eigenvalue weighted by Gasteiger charge is -2.20. The number of ether oxygens (including phenoxy) is 2. The van der Waals surface area contributed by atoms with Crippen LogP contribution in [0.4, 0.5) is 14.9 Å². The molecule has 25 heavy (non-hydrogen) atoms. The zero-order valence-corrected chi connectivity index (χ0v) is 15.4. The second-order valence-corrected chi connectivity index (χ2v) is 7.33. The quantitative estimate of drug-likeness (QED) is 0.651. The number of anilines is 1. The first kappa shape index (κ1) is 19.1. The van der Waals surface area contributed by atoms with Crippen LogP contribution in [0.3, 0.4) is 0 Å². The van der Waals surface area contributed by atoms with Crippen LogP contribution in [0.15, 0.2) is 18.2 Å². The van der Waals surface area contributed by atoms with Crippen molar-refractivity contribution in [3.8, 4) is 0 Å². The van der Waals surface area contributed by atoms with Crippen LogP contribution in [0.1, 0.15) is 38.1 Å². The minimum atomic E-state index is -0.754. The SMILES string of the molecule is CC(=S)NC[C@H]1CN(c2ccc(C(=O)OC(C)(C)C)c(F)c2)C(=O)O1. The topological polar surface area (TPSA) is 67.9 Å². The van der Waals surface area contributed by atoms with Gasteiger partial charge in [0.05, 0.1) is 29.3 Å². The Morgan fingerprint density at radius 1 is 1.48 bits per heavy atom. The lowest BCUT2D eigenvalue weighted by Crippen LogP contribution is -2.32. The van der Waals surface area contributed by atoms with Gasteiger partial charge >= 0.3 is 12.1 Å². The molecule has 0 spiro atoms. The van der Waals surface area contributed by atoms with Crippen LogP contribution in [-0.4, -0.2) is 41.8 Å². The molecule has 1 saturated heterocycles. The Morgan fingerprint density at radius 3 is 2.72 bits per heavy atom. The van der Waals surface area contributed by atoms with E-state index in [1.807, 2.05) is 0 Å². The van der Waals surface area contributed by atoms with Crippen LogP contribution < -0.4 is 10.2 Å². The first-order chi connectivity index (χ1) is 11.6. The van der Waals surface area contributed by atoms with E-state index < -0.39 is 23.5 Å². The van der Waals surface area contributed by atoms with Crippen LogP contribution in [0.5, 0.6) is 0 Å². The van der Waals surface area contributed by atoms with Gasteiger partial charge in [-0.05, 0) is 45.9 Å². The van der Waals surface area contributed by atoms with Gasteiger partial charge in [-0.1, -0.05) is 12.2 Å². The zero-order chi connectivity index (χ0) is 18.8. The summed E-state index contributed by atoms with van der Waals surface area (Å²) in [4.78, 5) is 25.9. The van der Waals surface area contributed by atoms with E-state index in [1.165, 1.54) is 17.0 Å². The number of cyclic esters (lactones) is 1. The second kappa shape index (κ2) is 7.35. The summed E-state index contributed by atoms with van der Waals surface area (Å²) in [7, 11) is 0. The highest BCUT2D eigenvalue weighted by molar-refractivity contribution is 7.80. The predicted molar refractivity (Wildman–Crippen MR) is 95.5 cm³/mol. The Balaban J connectivity index is 2.11. The first-order valence-electron chi connectivity index (χ1n) is 7.82. The summed E-state index contributed by atoms with van der Waals surface area (Å²) >= 11 is 4.92. The summed E-state index contributed by atoms with van der Waals surface area (Å²) in [5.41, 5.74) is -0.585. The third-order valence-corrected chi connectivity index (χ3v) is 3.48. The fourth-order valence-electron chi connectivity index (χ4n) is 2.27. The van der Waals surface area contributed by atoms with E-state index in [9.17, 15) is 14.0 Å². The molecule has 1 N–H and O–H groups in total. The molecule has 1 amide bonds. The summed E-state index contributed by atoms with van der Waals surface area (Å²) in [5.74, 6) is -1.50. The van der Waals surface area contributed by atoms with Gasteiger partial charge in [-0.2, -0.15) is 0 Å². The molecule has 1 aromatic carbocycles. The van der Waals surface area contributed by atoms with Crippen molar-refractivity contribution >= 4 is 35.0 Å². The number of esters is 1. The van der Waals surface area contributed by atoms with Gasteiger partial charge in [0.1, 0.15) is 17.5 Å². The number of benzene rings is 1. The van der Waals surface area contributed by atoms with E-state index in [1.54, 1.807) is 27.7 Å². The number of hydrogen-bond donors (Lipinski definition) is 1. The van der Waals surface area contributed by atoms with Gasteiger partial charge in [0, 0.05) is 0 Å². The standard InChI is InChI=1S/C17H21FN2O4S/c1-10(25)19-8-12-9-20(16(22)23-12)11-5-6-13(14(18)7-11)15(21)24-17(2,3)4/h5-7,12H,8-9H2,1-4H3,(H,19,25)/t12-/m0/s1. The summed E-state index contributed by atoms with van der Waals surface area (Å²) in [6.45, 7) is 7.49. The molecule has 0 aliphatic carbocycles. The molecule has 1 aliphatic heterocycles. The molecule has 6 nitrogen and oxygen atoms in total. The Hall–Kier alpha value is -2.22. The molecular weight excluding hydrogens is 347 g/mol. The Bertz CT molecular complexity index is 702. The molecule has 0 aromatic heterocycles. The van der Waals surface area contributed by atoms with Gasteiger partial charge in [-0.15, -0.1) is 0 Å². The van der Waals surface area contributed by atoms with Crippen molar-refractivity contribution in [2.45, 2.75) is 39.4 Å². The van der Waals surface area contributed by atoms with E-state index in [0.717, 1.165) is 6.07 Å². The van der Waals surface area contributed by atoms with Crippen LogP contribution in [0.25, 0.3) is 0 Å². The lowest BCUT2D eigenvalue weighted by molar-refractivity contribution is 0.00647. The molecule has 1 aliphatic rings. The van der Waals surface area contributed by atoms with Crippen molar-refractivity contribution in [3.05, 3.63) is 29.6 Å². The molecule has 2 rings (SSSR count). The van der Waals surface area contributed by atoms with Gasteiger partial charge in [-0.25, -0.2) is 14.0 Å². The van der Waals surface area contributed by atoms with Crippen molar-refractivity contribution in [1.82, 2.24) is 5.32 Å². The lowest BCUT2D eigenvalue weighted by atomic mass is 10.1. The van der Waals surface area contributed by atoms with Crippen molar-refractivity contribution in [1.29, 1.82) is 0 Å². The number of amides is 1. The number of nitrogens with one attached hydrogen (secondary N) is 1. The average Bonchev–Trinajstić information content (AvgIpc) is 2.84. The molecule has 8 heteroatoms. The van der Waals surface area contributed by atoms with Crippen molar-refractivity contribution in [3.63, 3.8) is 0 Å². The maximum absolute atomic E-state index is 14.3. The maximum atomic E-state index is 14.3. The molecule has 1 atom stereocenters. The smallest absolute Gasteiger partial charge is 0.414 e. The third-order valence-electron chi connectivity index (χ3n) is 3.34. The number of halogens is 1. The van der Waals surface area contributed by atoms with Gasteiger partial charge < -0.3 is 14.8 Å². The number of carbonyl (C=O) groups excluding carboxylic acids is 2. The van der Waals surface area contributed by atoms with Crippen molar-refractivity contribution < 1.29 is 23.5 Å². The van der Waals surface area contributed by atoms with Crippen LogP contribution in [-0.2, 0) is 9.47 Å². The Kier molecular flexibility index (Phi) is 5.62. The van der Waals surface area contributed by atoms with E-state index in [-0.39, 0.29) is 18.2 Å². The summed E-state index contributed by atoms with van der Waals surface area (Å²) in [6, 6.07) is 3.92. The highest BCUT2D eigenvalue weighted by atomic mass is 32.1. The van der Waals surface area contributed by atoms with Gasteiger partial charge in [0.25, 0.3) is 0 Å². The maximum Gasteiger partial charge on any atom is 0.414 e. The Labute approximate surface area is 151 Å². The normalized spacial score (nSPS) is 17.2. The molecule has 1 fully saturated rings. The molecule has 0 saturated carbocycles. The first-order valence-corrected chi connectivity index (χ1v) is 8.23. The van der Waals surface area contributed by atoms with Crippen LogP contribution >= 0.6 is 12.2 Å². The summed E-state index contributed by atoms with van der Waals surface area (Å²) in [5, 5.41) is 2.93. The number of carbonyl (C=O) groups is 2. The number of rotatable bonds is 4. The van der Waals surface area contributed by atoms with Crippen LogP contribution in [0, 0.1) is 5.82 Å². The van der Waals surface area contributed by atoms with E-state index >= 15 is 0 Å².